The van der Waals surface area contributed by atoms with Gasteiger partial charge in [0.1, 0.15) is 0 Å². The smallest absolute Gasteiger partial charge is 0.0989 e. The van der Waals surface area contributed by atoms with E-state index in [0.29, 0.717) is 5.92 Å². The molecule has 2 fully saturated rings. The zero-order valence-electron chi connectivity index (χ0n) is 10.9. The van der Waals surface area contributed by atoms with Gasteiger partial charge in [0.2, 0.25) is 0 Å². The summed E-state index contributed by atoms with van der Waals surface area (Å²) < 4.78 is 0. The fraction of sp³-hybridized carbons (Fsp3) is 0.562. The Morgan fingerprint density at radius 1 is 1.06 bits per heavy atom. The van der Waals surface area contributed by atoms with Gasteiger partial charge in [0.25, 0.3) is 0 Å². The van der Waals surface area contributed by atoms with Gasteiger partial charge in [0.05, 0.1) is 5.84 Å². The lowest BCUT2D eigenvalue weighted by molar-refractivity contribution is 0.259. The zero-order chi connectivity index (χ0) is 12.4. The molecule has 0 aromatic heterocycles. The lowest BCUT2D eigenvalue weighted by Crippen LogP contribution is -2.39. The quantitative estimate of drug-likeness (QED) is 0.639. The van der Waals surface area contributed by atoms with E-state index in [1.54, 1.807) is 0 Å². The van der Waals surface area contributed by atoms with E-state index in [0.717, 1.165) is 24.8 Å². The van der Waals surface area contributed by atoms with E-state index >= 15 is 0 Å². The van der Waals surface area contributed by atoms with Gasteiger partial charge in [-0.1, -0.05) is 30.3 Å². The number of nitrogens with zero attached hydrogens (tertiary/aromatic N) is 1. The number of likely N-dealkylation sites (tertiary alicyclic amines) is 1. The molecule has 3 rings (SSSR count). The third-order valence-corrected chi connectivity index (χ3v) is 4.29. The molecular formula is C16H22N2. The highest BCUT2D eigenvalue weighted by molar-refractivity contribution is 5.83. The fourth-order valence-corrected chi connectivity index (χ4v) is 2.94. The third kappa shape index (κ3) is 2.74. The Balaban J connectivity index is 1.49. The number of hydrogen-bond donors (Lipinski definition) is 1. The summed E-state index contributed by atoms with van der Waals surface area (Å²) in [5.74, 6) is 2.35. The summed E-state index contributed by atoms with van der Waals surface area (Å²) in [7, 11) is 0. The van der Waals surface area contributed by atoms with Crippen molar-refractivity contribution in [2.24, 2.45) is 11.8 Å². The zero-order valence-corrected chi connectivity index (χ0v) is 10.9. The minimum Gasteiger partial charge on any atom is -0.360 e. The van der Waals surface area contributed by atoms with Crippen LogP contribution in [0.4, 0.5) is 0 Å². The molecule has 1 saturated heterocycles. The van der Waals surface area contributed by atoms with Crippen LogP contribution in [-0.2, 0) is 6.42 Å². The van der Waals surface area contributed by atoms with Crippen LogP contribution in [0.2, 0.25) is 0 Å². The van der Waals surface area contributed by atoms with Crippen LogP contribution >= 0.6 is 0 Å². The molecule has 1 aliphatic carbocycles. The Morgan fingerprint density at radius 2 is 1.72 bits per heavy atom. The van der Waals surface area contributed by atoms with Crippen molar-refractivity contribution in [3.05, 3.63) is 35.9 Å². The van der Waals surface area contributed by atoms with Crippen molar-refractivity contribution in [1.82, 2.24) is 4.90 Å². The van der Waals surface area contributed by atoms with Crippen molar-refractivity contribution in [2.45, 2.75) is 32.1 Å². The summed E-state index contributed by atoms with van der Waals surface area (Å²) in [4.78, 5) is 2.32. The van der Waals surface area contributed by atoms with Crippen LogP contribution in [0.1, 0.15) is 31.2 Å². The van der Waals surface area contributed by atoms with Gasteiger partial charge >= 0.3 is 0 Å². The molecule has 0 unspecified atom stereocenters. The monoisotopic (exact) mass is 242 g/mol. The van der Waals surface area contributed by atoms with Crippen molar-refractivity contribution >= 4 is 5.84 Å². The van der Waals surface area contributed by atoms with Gasteiger partial charge in [-0.15, -0.1) is 0 Å². The number of rotatable bonds is 3. The molecule has 1 aromatic carbocycles. The van der Waals surface area contributed by atoms with Crippen molar-refractivity contribution < 1.29 is 0 Å². The van der Waals surface area contributed by atoms with E-state index in [4.69, 9.17) is 5.41 Å². The molecule has 2 aliphatic rings. The van der Waals surface area contributed by atoms with Gasteiger partial charge < -0.3 is 4.90 Å². The highest BCUT2D eigenvalue weighted by Crippen LogP contribution is 2.33. The molecule has 1 aromatic rings. The van der Waals surface area contributed by atoms with Crippen molar-refractivity contribution in [2.75, 3.05) is 13.1 Å². The first-order valence-corrected chi connectivity index (χ1v) is 7.20. The van der Waals surface area contributed by atoms with E-state index in [2.05, 4.69) is 35.2 Å². The number of hydrogen-bond acceptors (Lipinski definition) is 1. The largest absolute Gasteiger partial charge is 0.360 e. The number of benzene rings is 1. The molecule has 1 aliphatic heterocycles. The summed E-state index contributed by atoms with van der Waals surface area (Å²) in [6.45, 7) is 2.21. The summed E-state index contributed by atoms with van der Waals surface area (Å²) >= 11 is 0. The summed E-state index contributed by atoms with van der Waals surface area (Å²) in [5.41, 5.74) is 1.47. The van der Waals surface area contributed by atoms with E-state index < -0.39 is 0 Å². The molecule has 2 heteroatoms. The van der Waals surface area contributed by atoms with Crippen LogP contribution < -0.4 is 0 Å². The molecule has 18 heavy (non-hydrogen) atoms. The average molecular weight is 242 g/mol. The Kier molecular flexibility index (Phi) is 3.35. The van der Waals surface area contributed by atoms with E-state index in [1.165, 1.54) is 37.7 Å². The second kappa shape index (κ2) is 5.13. The molecule has 1 N–H and O–H groups in total. The van der Waals surface area contributed by atoms with E-state index in [-0.39, 0.29) is 0 Å². The molecule has 2 nitrogen and oxygen atoms in total. The molecule has 0 atom stereocenters. The average Bonchev–Trinajstić information content (AvgIpc) is 3.24. The van der Waals surface area contributed by atoms with Gasteiger partial charge in [-0.2, -0.15) is 0 Å². The molecule has 0 spiro atoms. The second-order valence-electron chi connectivity index (χ2n) is 5.78. The molecule has 0 bridgehead atoms. The number of nitrogens with one attached hydrogen (secondary N) is 1. The normalized spacial score (nSPS) is 21.0. The molecule has 96 valence electrons. The maximum absolute atomic E-state index is 8.11. The maximum atomic E-state index is 8.11. The van der Waals surface area contributed by atoms with Crippen LogP contribution in [0.5, 0.6) is 0 Å². The van der Waals surface area contributed by atoms with Crippen LogP contribution in [0.25, 0.3) is 0 Å². The highest BCUT2D eigenvalue weighted by atomic mass is 15.2. The highest BCUT2D eigenvalue weighted by Gasteiger charge is 2.31. The van der Waals surface area contributed by atoms with Gasteiger partial charge in [-0.25, -0.2) is 0 Å². The van der Waals surface area contributed by atoms with Gasteiger partial charge in [0, 0.05) is 19.0 Å². The number of piperidine rings is 1. The molecule has 0 amide bonds. The first-order chi connectivity index (χ1) is 8.83. The Bertz CT molecular complexity index is 400. The second-order valence-corrected chi connectivity index (χ2v) is 5.78. The fourth-order valence-electron chi connectivity index (χ4n) is 2.94. The van der Waals surface area contributed by atoms with Crippen molar-refractivity contribution in [1.29, 1.82) is 5.41 Å². The predicted octanol–water partition coefficient (Wildman–Crippen LogP) is 3.33. The van der Waals surface area contributed by atoms with E-state index in [9.17, 15) is 0 Å². The van der Waals surface area contributed by atoms with Gasteiger partial charge in [-0.3, -0.25) is 5.41 Å². The molecule has 1 saturated carbocycles. The number of amidine groups is 1. The molecule has 1 heterocycles. The van der Waals surface area contributed by atoms with Crippen molar-refractivity contribution in [3.8, 4) is 0 Å². The summed E-state index contributed by atoms with van der Waals surface area (Å²) in [5, 5.41) is 8.11. The SMILES string of the molecule is N=C(C1CC1)N1CCC(Cc2ccccc2)CC1. The Hall–Kier alpha value is -1.31. The predicted molar refractivity (Wildman–Crippen MR) is 74.9 cm³/mol. The minimum absolute atomic E-state index is 0.607. The van der Waals surface area contributed by atoms with Crippen LogP contribution in [0.15, 0.2) is 30.3 Å². The van der Waals surface area contributed by atoms with Crippen LogP contribution in [-0.4, -0.2) is 23.8 Å². The van der Waals surface area contributed by atoms with Crippen LogP contribution in [0, 0.1) is 17.2 Å². The van der Waals surface area contributed by atoms with Crippen LogP contribution in [0.3, 0.4) is 0 Å². The van der Waals surface area contributed by atoms with E-state index in [1.807, 2.05) is 0 Å². The lowest BCUT2D eigenvalue weighted by Gasteiger charge is -2.34. The summed E-state index contributed by atoms with van der Waals surface area (Å²) in [6, 6.07) is 10.8. The molecule has 0 radical (unpaired) electrons. The lowest BCUT2D eigenvalue weighted by atomic mass is 9.90. The first kappa shape index (κ1) is 11.8. The van der Waals surface area contributed by atoms with Gasteiger partial charge in [0.15, 0.2) is 0 Å². The standard InChI is InChI=1S/C16H22N2/c17-16(15-6-7-15)18-10-8-14(9-11-18)12-13-4-2-1-3-5-13/h1-5,14-15,17H,6-12H2. The first-order valence-electron chi connectivity index (χ1n) is 7.20. The Labute approximate surface area is 110 Å². The molecular weight excluding hydrogens is 220 g/mol. The Morgan fingerprint density at radius 3 is 2.33 bits per heavy atom. The minimum atomic E-state index is 0.607. The third-order valence-electron chi connectivity index (χ3n) is 4.29. The summed E-state index contributed by atoms with van der Waals surface area (Å²) in [6.07, 6.45) is 6.23. The topological polar surface area (TPSA) is 27.1 Å². The maximum Gasteiger partial charge on any atom is 0.0989 e. The van der Waals surface area contributed by atoms with Gasteiger partial charge in [-0.05, 0) is 43.6 Å². The van der Waals surface area contributed by atoms with Crippen molar-refractivity contribution in [3.63, 3.8) is 0 Å².